The summed E-state index contributed by atoms with van der Waals surface area (Å²) >= 11 is 0. The number of nitrogens with zero attached hydrogens (tertiary/aromatic N) is 2. The van der Waals surface area contributed by atoms with Gasteiger partial charge < -0.3 is 14.2 Å². The van der Waals surface area contributed by atoms with Gasteiger partial charge in [0.15, 0.2) is 11.9 Å². The van der Waals surface area contributed by atoms with Crippen LogP contribution in [0.4, 0.5) is 8.78 Å². The van der Waals surface area contributed by atoms with Gasteiger partial charge >= 0.3 is 0 Å². The van der Waals surface area contributed by atoms with Crippen molar-refractivity contribution in [3.05, 3.63) is 95.4 Å². The van der Waals surface area contributed by atoms with E-state index in [2.05, 4.69) is 5.16 Å². The highest BCUT2D eigenvalue weighted by Crippen LogP contribution is 2.21. The lowest BCUT2D eigenvalue weighted by Crippen LogP contribution is -2.37. The minimum atomic E-state index is -0.427. The molecule has 0 fully saturated rings. The van der Waals surface area contributed by atoms with E-state index in [1.165, 1.54) is 24.5 Å². The van der Waals surface area contributed by atoms with E-state index in [9.17, 15) is 13.6 Å². The Bertz CT molecular complexity index is 1020. The van der Waals surface area contributed by atoms with E-state index >= 15 is 0 Å². The molecule has 148 valence electrons. The molecule has 7 heteroatoms. The first kappa shape index (κ1) is 18.9. The number of halogens is 2. The minimum absolute atomic E-state index is 0.195. The summed E-state index contributed by atoms with van der Waals surface area (Å²) in [5, 5.41) is 4.01. The van der Waals surface area contributed by atoms with Gasteiger partial charge in [-0.25, -0.2) is 8.78 Å². The van der Waals surface area contributed by atoms with Crippen molar-refractivity contribution in [1.82, 2.24) is 4.90 Å². The third kappa shape index (κ3) is 4.34. The maximum Gasteiger partial charge on any atom is 0.289 e. The van der Waals surface area contributed by atoms with Crippen LogP contribution in [-0.4, -0.2) is 29.2 Å². The van der Waals surface area contributed by atoms with Crippen LogP contribution in [0, 0.1) is 11.6 Å². The molecular formula is C22H18F2N2O3. The highest BCUT2D eigenvalue weighted by molar-refractivity contribution is 6.01. The molecule has 0 saturated carbocycles. The number of carbonyl (C=O) groups is 1. The molecule has 0 radical (unpaired) electrons. The van der Waals surface area contributed by atoms with Crippen molar-refractivity contribution in [2.45, 2.75) is 19.1 Å². The molecule has 0 aliphatic carbocycles. The highest BCUT2D eigenvalue weighted by atomic mass is 19.1. The largest absolute Gasteiger partial charge is 0.459 e. The third-order valence-corrected chi connectivity index (χ3v) is 4.65. The lowest BCUT2D eigenvalue weighted by molar-refractivity contribution is 0.0387. The van der Waals surface area contributed by atoms with Crippen molar-refractivity contribution in [1.29, 1.82) is 0 Å². The number of benzene rings is 2. The zero-order chi connectivity index (χ0) is 20.2. The van der Waals surface area contributed by atoms with Crippen LogP contribution in [0.1, 0.15) is 28.1 Å². The topological polar surface area (TPSA) is 55.0 Å². The summed E-state index contributed by atoms with van der Waals surface area (Å²) in [7, 11) is 0. The molecule has 5 nitrogen and oxygen atoms in total. The number of amides is 1. The van der Waals surface area contributed by atoms with Crippen molar-refractivity contribution in [2.75, 3.05) is 6.54 Å². The monoisotopic (exact) mass is 396 g/mol. The maximum atomic E-state index is 14.0. The van der Waals surface area contributed by atoms with Crippen molar-refractivity contribution >= 4 is 11.6 Å². The van der Waals surface area contributed by atoms with Gasteiger partial charge in [0, 0.05) is 18.5 Å². The zero-order valence-corrected chi connectivity index (χ0v) is 15.4. The fraction of sp³-hybridized carbons (Fsp3) is 0.182. The van der Waals surface area contributed by atoms with Crippen molar-refractivity contribution in [3.8, 4) is 0 Å². The number of oxime groups is 1. The summed E-state index contributed by atoms with van der Waals surface area (Å²) < 4.78 is 32.5. The van der Waals surface area contributed by atoms with Crippen LogP contribution in [0.5, 0.6) is 0 Å². The van der Waals surface area contributed by atoms with Crippen LogP contribution in [0.15, 0.2) is 76.5 Å². The first-order valence-electron chi connectivity index (χ1n) is 9.15. The van der Waals surface area contributed by atoms with Crippen LogP contribution in [0.25, 0.3) is 0 Å². The maximum absolute atomic E-state index is 14.0. The lowest BCUT2D eigenvalue weighted by Gasteiger charge is -2.24. The van der Waals surface area contributed by atoms with E-state index < -0.39 is 6.10 Å². The highest BCUT2D eigenvalue weighted by Gasteiger charge is 2.29. The Balaban J connectivity index is 1.49. The summed E-state index contributed by atoms with van der Waals surface area (Å²) in [6.07, 6.45) is 1.37. The standard InChI is InChI=1S/C22H18F2N2O3/c23-16-9-7-15(8-10-16)13-26(22(27)21-6-3-11-28-21)14-17-12-20(25-29-17)18-4-1-2-5-19(18)24/h1-11,17H,12-14H2. The molecule has 2 heterocycles. The smallest absolute Gasteiger partial charge is 0.289 e. The molecule has 1 aromatic heterocycles. The van der Waals surface area contributed by atoms with Gasteiger partial charge in [0.1, 0.15) is 11.6 Å². The van der Waals surface area contributed by atoms with Gasteiger partial charge in [0.25, 0.3) is 5.91 Å². The van der Waals surface area contributed by atoms with Gasteiger partial charge in [-0.05, 0) is 35.9 Å². The second-order valence-electron chi connectivity index (χ2n) is 6.74. The molecule has 0 bridgehead atoms. The molecule has 0 spiro atoms. The molecule has 4 rings (SSSR count). The first-order chi connectivity index (χ1) is 14.1. The fourth-order valence-corrected chi connectivity index (χ4v) is 3.21. The Morgan fingerprint density at radius 2 is 1.86 bits per heavy atom. The van der Waals surface area contributed by atoms with E-state index in [1.54, 1.807) is 47.4 Å². The zero-order valence-electron chi connectivity index (χ0n) is 15.4. The average molecular weight is 396 g/mol. The van der Waals surface area contributed by atoms with E-state index in [0.717, 1.165) is 5.56 Å². The quantitative estimate of drug-likeness (QED) is 0.621. The first-order valence-corrected chi connectivity index (χ1v) is 9.15. The molecule has 0 N–H and O–H groups in total. The number of rotatable bonds is 6. The van der Waals surface area contributed by atoms with Crippen LogP contribution in [-0.2, 0) is 11.4 Å². The summed E-state index contributed by atoms with van der Waals surface area (Å²) in [4.78, 5) is 19.9. The van der Waals surface area contributed by atoms with Crippen molar-refractivity contribution in [2.24, 2.45) is 5.16 Å². The summed E-state index contributed by atoms with van der Waals surface area (Å²) in [6.45, 7) is 0.465. The Hall–Kier alpha value is -3.48. The number of hydrogen-bond donors (Lipinski definition) is 0. The molecule has 1 atom stereocenters. The predicted molar refractivity (Wildman–Crippen MR) is 102 cm³/mol. The summed E-state index contributed by atoms with van der Waals surface area (Å²) in [5.41, 5.74) is 1.65. The number of furan rings is 1. The number of hydrogen-bond acceptors (Lipinski definition) is 4. The third-order valence-electron chi connectivity index (χ3n) is 4.65. The van der Waals surface area contributed by atoms with E-state index in [4.69, 9.17) is 9.25 Å². The van der Waals surface area contributed by atoms with Crippen molar-refractivity contribution < 1.29 is 22.8 Å². The van der Waals surface area contributed by atoms with Crippen LogP contribution in [0.3, 0.4) is 0 Å². The molecule has 1 amide bonds. The summed E-state index contributed by atoms with van der Waals surface area (Å²) in [5.74, 6) is -0.840. The summed E-state index contributed by atoms with van der Waals surface area (Å²) in [6, 6.07) is 15.5. The Kier molecular flexibility index (Phi) is 5.37. The molecule has 3 aromatic rings. The van der Waals surface area contributed by atoms with Crippen molar-refractivity contribution in [3.63, 3.8) is 0 Å². The SMILES string of the molecule is O=C(c1ccco1)N(Cc1ccc(F)cc1)CC1CC(c2ccccc2F)=NO1. The molecule has 29 heavy (non-hydrogen) atoms. The van der Waals surface area contributed by atoms with Gasteiger partial charge in [0.2, 0.25) is 0 Å². The Labute approximate surface area is 166 Å². The molecule has 2 aromatic carbocycles. The van der Waals surface area contributed by atoms with Gasteiger partial charge in [-0.1, -0.05) is 35.5 Å². The molecule has 0 saturated heterocycles. The molecular weight excluding hydrogens is 378 g/mol. The van der Waals surface area contributed by atoms with E-state index in [-0.39, 0.29) is 36.4 Å². The van der Waals surface area contributed by atoms with Gasteiger partial charge in [-0.15, -0.1) is 0 Å². The van der Waals surface area contributed by atoms with Crippen LogP contribution < -0.4 is 0 Å². The van der Waals surface area contributed by atoms with Gasteiger partial charge in [-0.2, -0.15) is 0 Å². The van der Waals surface area contributed by atoms with Crippen LogP contribution >= 0.6 is 0 Å². The molecule has 1 aliphatic heterocycles. The Morgan fingerprint density at radius 1 is 1.07 bits per heavy atom. The number of carbonyl (C=O) groups excluding carboxylic acids is 1. The minimum Gasteiger partial charge on any atom is -0.459 e. The van der Waals surface area contributed by atoms with Gasteiger partial charge in [0.05, 0.1) is 18.5 Å². The molecule has 1 unspecified atom stereocenters. The normalized spacial score (nSPS) is 15.7. The average Bonchev–Trinajstić information content (AvgIpc) is 3.41. The van der Waals surface area contributed by atoms with Crippen LogP contribution in [0.2, 0.25) is 0 Å². The predicted octanol–water partition coefficient (Wildman–Crippen LogP) is 4.39. The van der Waals surface area contributed by atoms with E-state index in [1.807, 2.05) is 0 Å². The fourth-order valence-electron chi connectivity index (χ4n) is 3.21. The second kappa shape index (κ2) is 8.26. The second-order valence-corrected chi connectivity index (χ2v) is 6.74. The Morgan fingerprint density at radius 3 is 2.59 bits per heavy atom. The lowest BCUT2D eigenvalue weighted by atomic mass is 10.0. The molecule has 1 aliphatic rings. The van der Waals surface area contributed by atoms with Gasteiger partial charge in [-0.3, -0.25) is 4.79 Å². The van der Waals surface area contributed by atoms with E-state index in [0.29, 0.717) is 17.7 Å².